The molecule has 0 aliphatic rings. The van der Waals surface area contributed by atoms with Crippen LogP contribution in [0.4, 0.5) is 5.69 Å². The summed E-state index contributed by atoms with van der Waals surface area (Å²) in [6.07, 6.45) is 0. The predicted octanol–water partition coefficient (Wildman–Crippen LogP) is 2.91. The smallest absolute Gasteiger partial charge is 0.0361 e. The summed E-state index contributed by atoms with van der Waals surface area (Å²) in [7, 11) is 4.04. The zero-order valence-electron chi connectivity index (χ0n) is 7.73. The molecule has 0 aliphatic carbocycles. The molecule has 0 unspecified atom stereocenters. The fourth-order valence-electron chi connectivity index (χ4n) is 1.00. The number of nitrogens with zero attached hydrogens (tertiary/aromatic N) is 1. The summed E-state index contributed by atoms with van der Waals surface area (Å²) >= 11 is 8.32. The van der Waals surface area contributed by atoms with E-state index < -0.39 is 0 Å². The van der Waals surface area contributed by atoms with Crippen molar-refractivity contribution in [3.63, 3.8) is 0 Å². The Morgan fingerprint density at radius 1 is 1.23 bits per heavy atom. The highest BCUT2D eigenvalue weighted by Crippen LogP contribution is 2.21. The molecule has 70 valence electrons. The van der Waals surface area contributed by atoms with Crippen molar-refractivity contribution in [2.75, 3.05) is 19.0 Å². The Balaban J connectivity index is 2.94. The van der Waals surface area contributed by atoms with Crippen LogP contribution in [-0.2, 0) is 0 Å². The number of hydrogen-bond donors (Lipinski definition) is 2. The van der Waals surface area contributed by atoms with Gasteiger partial charge in [0.1, 0.15) is 0 Å². The third-order valence-corrected chi connectivity index (χ3v) is 2.65. The predicted molar refractivity (Wildman–Crippen MR) is 66.7 cm³/mol. The molecule has 0 saturated heterocycles. The van der Waals surface area contributed by atoms with Crippen LogP contribution in [0.2, 0.25) is 0 Å². The molecule has 0 aliphatic heterocycles. The average Bonchev–Trinajstić information content (AvgIpc) is 2.17. The van der Waals surface area contributed by atoms with Gasteiger partial charge in [-0.05, 0) is 23.1 Å². The molecule has 0 bridgehead atoms. The van der Waals surface area contributed by atoms with E-state index in [1.165, 1.54) is 5.69 Å². The summed E-state index contributed by atoms with van der Waals surface area (Å²) in [5, 5.41) is 1.69. The van der Waals surface area contributed by atoms with Crippen molar-refractivity contribution in [1.29, 1.82) is 0 Å². The Morgan fingerprint density at radius 2 is 1.77 bits per heavy atom. The molecule has 0 radical (unpaired) electrons. The largest absolute Gasteiger partial charge is 0.378 e. The van der Waals surface area contributed by atoms with Crippen molar-refractivity contribution in [3.05, 3.63) is 35.2 Å². The maximum absolute atomic E-state index is 4.28. The minimum Gasteiger partial charge on any atom is -0.378 e. The molecule has 1 rings (SSSR count). The highest BCUT2D eigenvalue weighted by Gasteiger charge is 1.97. The Bertz CT molecular complexity index is 301. The lowest BCUT2D eigenvalue weighted by atomic mass is 10.2. The number of hydrogen-bond acceptors (Lipinski definition) is 3. The van der Waals surface area contributed by atoms with Crippen LogP contribution in [0.1, 0.15) is 5.56 Å². The molecule has 0 spiro atoms. The first kappa shape index (κ1) is 10.5. The summed E-state index contributed by atoms with van der Waals surface area (Å²) in [5.41, 5.74) is 2.27. The third-order valence-electron chi connectivity index (χ3n) is 1.80. The monoisotopic (exact) mass is 211 g/mol. The van der Waals surface area contributed by atoms with E-state index in [4.69, 9.17) is 0 Å². The summed E-state index contributed by atoms with van der Waals surface area (Å²) in [6, 6.07) is 8.18. The second kappa shape index (κ2) is 4.63. The molecular formula is C10H13NS2. The molecule has 3 heteroatoms. The molecule has 0 saturated carbocycles. The van der Waals surface area contributed by atoms with Crippen LogP contribution < -0.4 is 4.90 Å². The summed E-state index contributed by atoms with van der Waals surface area (Å²) in [5.74, 6) is 0. The number of anilines is 1. The van der Waals surface area contributed by atoms with Crippen molar-refractivity contribution in [2.45, 2.75) is 0 Å². The average molecular weight is 211 g/mol. The number of thiol groups is 2. The van der Waals surface area contributed by atoms with Gasteiger partial charge in [0.05, 0.1) is 0 Å². The molecule has 0 heterocycles. The van der Waals surface area contributed by atoms with E-state index in [1.54, 1.807) is 5.41 Å². The van der Waals surface area contributed by atoms with E-state index in [1.807, 2.05) is 26.2 Å². The third kappa shape index (κ3) is 2.71. The Hall–Kier alpha value is -0.540. The highest BCUT2D eigenvalue weighted by atomic mass is 32.1. The van der Waals surface area contributed by atoms with Crippen LogP contribution in [0, 0.1) is 0 Å². The Kier molecular flexibility index (Phi) is 3.75. The first-order valence-corrected chi connectivity index (χ1v) is 4.92. The lowest BCUT2D eigenvalue weighted by Crippen LogP contribution is -2.07. The van der Waals surface area contributed by atoms with E-state index >= 15 is 0 Å². The second-order valence-electron chi connectivity index (χ2n) is 2.96. The molecule has 0 aromatic heterocycles. The normalized spacial score (nSPS) is 11.5. The second-order valence-corrected chi connectivity index (χ2v) is 3.70. The molecule has 0 N–H and O–H groups in total. The van der Waals surface area contributed by atoms with Gasteiger partial charge in [-0.2, -0.15) is 12.6 Å². The Labute approximate surface area is 90.3 Å². The molecular weight excluding hydrogens is 198 g/mol. The zero-order valence-corrected chi connectivity index (χ0v) is 9.52. The van der Waals surface area contributed by atoms with E-state index in [2.05, 4.69) is 42.3 Å². The van der Waals surface area contributed by atoms with Gasteiger partial charge < -0.3 is 4.90 Å². The van der Waals surface area contributed by atoms with E-state index in [9.17, 15) is 0 Å². The first-order valence-electron chi connectivity index (χ1n) is 3.96. The lowest BCUT2D eigenvalue weighted by Gasteiger charge is -2.12. The van der Waals surface area contributed by atoms with Crippen LogP contribution in [0.15, 0.2) is 29.7 Å². The van der Waals surface area contributed by atoms with Crippen LogP contribution >= 0.6 is 25.3 Å². The molecule has 1 aromatic rings. The van der Waals surface area contributed by atoms with Gasteiger partial charge in [0.15, 0.2) is 0 Å². The van der Waals surface area contributed by atoms with Crippen LogP contribution in [0.3, 0.4) is 0 Å². The zero-order chi connectivity index (χ0) is 9.84. The van der Waals surface area contributed by atoms with Crippen molar-refractivity contribution < 1.29 is 0 Å². The van der Waals surface area contributed by atoms with Crippen molar-refractivity contribution >= 4 is 35.9 Å². The highest BCUT2D eigenvalue weighted by molar-refractivity contribution is 7.92. The lowest BCUT2D eigenvalue weighted by molar-refractivity contribution is 1.13. The van der Waals surface area contributed by atoms with Crippen LogP contribution in [0.5, 0.6) is 0 Å². The maximum Gasteiger partial charge on any atom is 0.0361 e. The summed E-state index contributed by atoms with van der Waals surface area (Å²) in [4.78, 5) is 2.94. The molecule has 1 nitrogen and oxygen atoms in total. The van der Waals surface area contributed by atoms with Gasteiger partial charge in [0.2, 0.25) is 0 Å². The standard InChI is InChI=1S/C10H13NS2/c1-11(2)9-5-3-8(4-6-9)10(13)7-12/h3-7,12-13H,1-2H3/b10-7-. The minimum atomic E-state index is 0.883. The minimum absolute atomic E-state index is 0.883. The van der Waals surface area contributed by atoms with E-state index in [-0.39, 0.29) is 0 Å². The topological polar surface area (TPSA) is 3.24 Å². The number of rotatable bonds is 2. The molecule has 0 amide bonds. The van der Waals surface area contributed by atoms with Crippen molar-refractivity contribution in [2.24, 2.45) is 0 Å². The van der Waals surface area contributed by atoms with Gasteiger partial charge >= 0.3 is 0 Å². The van der Waals surface area contributed by atoms with Gasteiger partial charge in [-0.1, -0.05) is 12.1 Å². The quantitative estimate of drug-likeness (QED) is 0.711. The van der Waals surface area contributed by atoms with Crippen LogP contribution in [0.25, 0.3) is 4.91 Å². The number of benzene rings is 1. The summed E-state index contributed by atoms with van der Waals surface area (Å²) in [6.45, 7) is 0. The van der Waals surface area contributed by atoms with Gasteiger partial charge in [-0.25, -0.2) is 0 Å². The van der Waals surface area contributed by atoms with Gasteiger partial charge in [-0.3, -0.25) is 0 Å². The first-order chi connectivity index (χ1) is 6.15. The van der Waals surface area contributed by atoms with Gasteiger partial charge in [-0.15, -0.1) is 12.6 Å². The maximum atomic E-state index is 4.28. The fraction of sp³-hybridized carbons (Fsp3) is 0.200. The van der Waals surface area contributed by atoms with Crippen molar-refractivity contribution in [1.82, 2.24) is 0 Å². The molecule has 13 heavy (non-hydrogen) atoms. The SMILES string of the molecule is CN(C)c1ccc(/C(S)=C/S)cc1. The van der Waals surface area contributed by atoms with Gasteiger partial charge in [0.25, 0.3) is 0 Å². The summed E-state index contributed by atoms with van der Waals surface area (Å²) < 4.78 is 0. The molecule has 1 aromatic carbocycles. The van der Waals surface area contributed by atoms with E-state index in [0.29, 0.717) is 0 Å². The Morgan fingerprint density at radius 3 is 2.15 bits per heavy atom. The van der Waals surface area contributed by atoms with E-state index in [0.717, 1.165) is 10.5 Å². The van der Waals surface area contributed by atoms with Crippen LogP contribution in [-0.4, -0.2) is 14.1 Å². The molecule has 0 fully saturated rings. The molecule has 0 atom stereocenters. The fourth-order valence-corrected chi connectivity index (χ4v) is 1.30. The van der Waals surface area contributed by atoms with Crippen molar-refractivity contribution in [3.8, 4) is 0 Å². The van der Waals surface area contributed by atoms with Gasteiger partial charge in [0, 0.05) is 24.7 Å².